The Bertz CT molecular complexity index is 1030. The summed E-state index contributed by atoms with van der Waals surface area (Å²) in [6, 6.07) is 0. The molecule has 0 aromatic carbocycles. The van der Waals surface area contributed by atoms with Crippen LogP contribution in [0.15, 0.2) is 11.5 Å². The number of nitrogens with zero attached hydrogens (tertiary/aromatic N) is 4. The fraction of sp³-hybridized carbons (Fsp3) is 0.688. The number of nitrogens with one attached hydrogen (secondary N) is 1. The molecule has 3 heterocycles. The average Bonchev–Trinajstić information content (AvgIpc) is 3.27. The number of hydrogen-bond acceptors (Lipinski definition) is 11. The largest absolute Gasteiger partial charge is 0.389 e. The van der Waals surface area contributed by atoms with Crippen LogP contribution in [0.1, 0.15) is 12.6 Å². The van der Waals surface area contributed by atoms with Crippen molar-refractivity contribution in [1.29, 1.82) is 0 Å². The van der Waals surface area contributed by atoms with E-state index in [0.717, 1.165) is 17.5 Å². The van der Waals surface area contributed by atoms with Crippen molar-refractivity contribution in [3.63, 3.8) is 0 Å². The van der Waals surface area contributed by atoms with Crippen molar-refractivity contribution in [1.82, 2.24) is 19.5 Å². The molecule has 0 radical (unpaired) electrons. The van der Waals surface area contributed by atoms with Crippen molar-refractivity contribution in [3.05, 3.63) is 6.33 Å². The standard InChI is InChI=1S/C16H21Cl2F3N5O5PS2/c1-33-5-3-22-12-9-13(25-15(24-12)34-4-2-16(19,20)21)26(7-23-9)14-11(28)10(27)8(31-14)6-30-32(17,18)29/h7-8,10-11,14,27-28H,2-6H2,1H3,(H,22,24,25)/t8-,10?,11?,14-/m1/s1. The van der Waals surface area contributed by atoms with Gasteiger partial charge in [-0.15, -0.1) is 0 Å². The number of thioether (sulfide) groups is 2. The monoisotopic (exact) mass is 585 g/mol. The molecule has 1 fully saturated rings. The number of halogens is 5. The lowest BCUT2D eigenvalue weighted by molar-refractivity contribution is -0.129. The summed E-state index contributed by atoms with van der Waals surface area (Å²) >= 11 is 13.1. The number of alkyl halides is 3. The minimum absolute atomic E-state index is 0.0725. The zero-order valence-corrected chi connectivity index (χ0v) is 21.5. The molecule has 192 valence electrons. The van der Waals surface area contributed by atoms with Crippen LogP contribution in [0.3, 0.4) is 0 Å². The van der Waals surface area contributed by atoms with Crippen LogP contribution in [-0.2, 0) is 13.8 Å². The van der Waals surface area contributed by atoms with Crippen LogP contribution in [0.5, 0.6) is 0 Å². The van der Waals surface area contributed by atoms with E-state index >= 15 is 0 Å². The van der Waals surface area contributed by atoms with Crippen LogP contribution in [0, 0.1) is 0 Å². The molecule has 4 atom stereocenters. The van der Waals surface area contributed by atoms with Crippen molar-refractivity contribution in [2.75, 3.05) is 36.2 Å². The Balaban J connectivity index is 1.89. The molecule has 0 aliphatic carbocycles. The van der Waals surface area contributed by atoms with Gasteiger partial charge in [-0.2, -0.15) is 24.9 Å². The predicted octanol–water partition coefficient (Wildman–Crippen LogP) is 3.87. The first kappa shape index (κ1) is 28.1. The Kier molecular flexibility index (Phi) is 9.65. The van der Waals surface area contributed by atoms with Gasteiger partial charge in [0, 0.05) is 18.1 Å². The summed E-state index contributed by atoms with van der Waals surface area (Å²) in [6.45, 7) is 0.0606. The highest BCUT2D eigenvalue weighted by Crippen LogP contribution is 2.57. The first-order valence-corrected chi connectivity index (χ1v) is 15.5. The number of aliphatic hydroxyl groups excluding tert-OH is 2. The molecule has 3 N–H and O–H groups in total. The number of fused-ring (bicyclic) bond motifs is 1. The van der Waals surface area contributed by atoms with E-state index in [-0.39, 0.29) is 16.6 Å². The first-order valence-electron chi connectivity index (χ1n) is 9.72. The quantitative estimate of drug-likeness (QED) is 0.154. The number of anilines is 1. The van der Waals surface area contributed by atoms with Crippen molar-refractivity contribution in [2.45, 2.75) is 42.3 Å². The second kappa shape index (κ2) is 11.7. The Hall–Kier alpha value is -0.510. The molecular weight excluding hydrogens is 565 g/mol. The number of hydrogen-bond donors (Lipinski definition) is 3. The molecular formula is C16H21Cl2F3N5O5PS2. The molecule has 0 bridgehead atoms. The number of imidazole rings is 1. The highest BCUT2D eigenvalue weighted by atomic mass is 35.9. The molecule has 1 saturated heterocycles. The molecule has 2 unspecified atom stereocenters. The van der Waals surface area contributed by atoms with E-state index in [9.17, 15) is 27.9 Å². The van der Waals surface area contributed by atoms with Gasteiger partial charge in [0.2, 0.25) is 0 Å². The number of aromatic nitrogens is 4. The maximum atomic E-state index is 12.6. The summed E-state index contributed by atoms with van der Waals surface area (Å²) in [5.41, 5.74) is 0.478. The van der Waals surface area contributed by atoms with E-state index in [1.807, 2.05) is 6.26 Å². The van der Waals surface area contributed by atoms with Gasteiger partial charge in [-0.25, -0.2) is 15.0 Å². The molecule has 0 amide bonds. The number of aliphatic hydroxyl groups is 2. The molecule has 1 aliphatic heterocycles. The van der Waals surface area contributed by atoms with E-state index in [0.29, 0.717) is 17.9 Å². The van der Waals surface area contributed by atoms with Crippen molar-refractivity contribution >= 4 is 69.1 Å². The van der Waals surface area contributed by atoms with Gasteiger partial charge in [-0.1, -0.05) is 11.8 Å². The lowest BCUT2D eigenvalue weighted by atomic mass is 10.1. The fourth-order valence-corrected chi connectivity index (χ4v) is 4.84. The fourth-order valence-electron chi connectivity index (χ4n) is 3.06. The van der Waals surface area contributed by atoms with E-state index in [2.05, 4.69) is 20.3 Å². The third-order valence-corrected chi connectivity index (χ3v) is 7.11. The van der Waals surface area contributed by atoms with Crippen molar-refractivity contribution < 1.29 is 37.2 Å². The molecule has 18 heteroatoms. The van der Waals surface area contributed by atoms with Crippen LogP contribution in [-0.4, -0.2) is 85.1 Å². The lowest BCUT2D eigenvalue weighted by Gasteiger charge is -2.17. The minimum atomic E-state index is -4.32. The Morgan fingerprint density at radius 1 is 1.29 bits per heavy atom. The van der Waals surface area contributed by atoms with Gasteiger partial charge in [0.15, 0.2) is 28.4 Å². The van der Waals surface area contributed by atoms with Crippen LogP contribution < -0.4 is 5.32 Å². The third-order valence-electron chi connectivity index (χ3n) is 4.62. The van der Waals surface area contributed by atoms with Gasteiger partial charge in [0.05, 0.1) is 19.4 Å². The van der Waals surface area contributed by atoms with E-state index in [1.165, 1.54) is 10.9 Å². The number of ether oxygens (including phenoxy) is 1. The maximum absolute atomic E-state index is 12.6. The highest BCUT2D eigenvalue weighted by molar-refractivity contribution is 8.05. The Labute approximate surface area is 210 Å². The summed E-state index contributed by atoms with van der Waals surface area (Å²) in [5.74, 6) is 0.766. The van der Waals surface area contributed by atoms with Crippen LogP contribution in [0.2, 0.25) is 0 Å². The van der Waals surface area contributed by atoms with Gasteiger partial charge < -0.3 is 24.8 Å². The normalized spacial score (nSPS) is 23.6. The average molecular weight is 586 g/mol. The molecule has 10 nitrogen and oxygen atoms in total. The first-order chi connectivity index (χ1) is 15.9. The number of rotatable bonds is 11. The SMILES string of the molecule is CSCCNc1nc(SCCC(F)(F)F)nc2c1ncn2[C@@H]1O[C@H](COP(=O)(Cl)Cl)C(O)C1O. The van der Waals surface area contributed by atoms with Gasteiger partial charge in [0.1, 0.15) is 18.3 Å². The van der Waals surface area contributed by atoms with Crippen molar-refractivity contribution in [3.8, 4) is 0 Å². The van der Waals surface area contributed by atoms with Crippen LogP contribution in [0.4, 0.5) is 19.0 Å². The smallest absolute Gasteiger partial charge is 0.387 e. The maximum Gasteiger partial charge on any atom is 0.389 e. The Morgan fingerprint density at radius 2 is 2.03 bits per heavy atom. The second-order valence-electron chi connectivity index (χ2n) is 7.07. The lowest BCUT2D eigenvalue weighted by Crippen LogP contribution is -2.33. The molecule has 3 rings (SSSR count). The summed E-state index contributed by atoms with van der Waals surface area (Å²) < 4.78 is 60.9. The minimum Gasteiger partial charge on any atom is -0.387 e. The van der Waals surface area contributed by atoms with Gasteiger partial charge in [-0.3, -0.25) is 9.13 Å². The van der Waals surface area contributed by atoms with Crippen molar-refractivity contribution in [2.24, 2.45) is 0 Å². The van der Waals surface area contributed by atoms with Gasteiger partial charge >= 0.3 is 12.3 Å². The Morgan fingerprint density at radius 3 is 2.68 bits per heavy atom. The van der Waals surface area contributed by atoms with Crippen LogP contribution >= 0.6 is 52.1 Å². The van der Waals surface area contributed by atoms with Gasteiger partial charge in [-0.05, 0) is 28.7 Å². The molecule has 2 aromatic heterocycles. The summed E-state index contributed by atoms with van der Waals surface area (Å²) in [4.78, 5) is 12.9. The molecule has 2 aromatic rings. The van der Waals surface area contributed by atoms with Gasteiger partial charge in [0.25, 0.3) is 0 Å². The highest BCUT2D eigenvalue weighted by Gasteiger charge is 2.45. The van der Waals surface area contributed by atoms with E-state index in [1.54, 1.807) is 11.8 Å². The zero-order valence-electron chi connectivity index (χ0n) is 17.5. The summed E-state index contributed by atoms with van der Waals surface area (Å²) in [7, 11) is 0. The van der Waals surface area contributed by atoms with Crippen LogP contribution in [0.25, 0.3) is 11.2 Å². The summed E-state index contributed by atoms with van der Waals surface area (Å²) in [5, 5.41) is 24.0. The molecule has 0 saturated carbocycles. The van der Waals surface area contributed by atoms with E-state index < -0.39 is 49.8 Å². The summed E-state index contributed by atoms with van der Waals surface area (Å²) in [6.07, 6.45) is -11.2. The predicted molar refractivity (Wildman–Crippen MR) is 125 cm³/mol. The third kappa shape index (κ3) is 7.50. The second-order valence-corrected chi connectivity index (χ2v) is 13.4. The molecule has 0 spiro atoms. The molecule has 1 aliphatic rings. The molecule has 34 heavy (non-hydrogen) atoms. The van der Waals surface area contributed by atoms with E-state index in [4.69, 9.17) is 31.7 Å². The zero-order chi connectivity index (χ0) is 25.1. The topological polar surface area (TPSA) is 132 Å².